The predicted octanol–water partition coefficient (Wildman–Crippen LogP) is 1.69. The van der Waals surface area contributed by atoms with E-state index in [1.807, 2.05) is 30.3 Å². The smallest absolute Gasteiger partial charge is 0.212 e. The first-order valence-corrected chi connectivity index (χ1v) is 6.21. The van der Waals surface area contributed by atoms with Crippen molar-refractivity contribution in [1.29, 1.82) is 0 Å². The molecule has 1 atom stereocenters. The number of nitrogens with zero attached hydrogens (tertiary/aromatic N) is 2. The lowest BCUT2D eigenvalue weighted by atomic mass is 9.93. The normalized spacial score (nSPS) is 16.6. The number of carbonyl (C=O) groups excluding carboxylic acids is 1. The summed E-state index contributed by atoms with van der Waals surface area (Å²) >= 11 is 0. The van der Waals surface area contributed by atoms with E-state index >= 15 is 0 Å². The molecule has 1 unspecified atom stereocenters. The van der Waals surface area contributed by atoms with Gasteiger partial charge in [-0.05, 0) is 11.6 Å². The predicted molar refractivity (Wildman–Crippen MR) is 74.8 cm³/mol. The van der Waals surface area contributed by atoms with E-state index in [0.29, 0.717) is 5.88 Å². The Labute approximate surface area is 116 Å². The third-order valence-corrected chi connectivity index (χ3v) is 3.22. The van der Waals surface area contributed by atoms with E-state index < -0.39 is 6.04 Å². The maximum absolute atomic E-state index is 11.1. The number of pyridine rings is 1. The standard InChI is InChI=1S/C15H13N3O2/c1-20-14-7-6-10(8-16-14)15-12-5-3-2-4-11(12)13(9-19)17-18-15/h2-9,13,17H,1H3. The molecule has 0 fully saturated rings. The van der Waals surface area contributed by atoms with Crippen LogP contribution in [0.1, 0.15) is 22.7 Å². The van der Waals surface area contributed by atoms with Crippen LogP contribution >= 0.6 is 0 Å². The molecule has 0 amide bonds. The average molecular weight is 267 g/mol. The van der Waals surface area contributed by atoms with Gasteiger partial charge in [-0.3, -0.25) is 5.43 Å². The Bertz CT molecular complexity index is 665. The van der Waals surface area contributed by atoms with Crippen molar-refractivity contribution in [2.45, 2.75) is 6.04 Å². The molecule has 0 aliphatic carbocycles. The quantitative estimate of drug-likeness (QED) is 0.859. The van der Waals surface area contributed by atoms with Crippen molar-refractivity contribution in [3.63, 3.8) is 0 Å². The molecule has 0 bridgehead atoms. The maximum Gasteiger partial charge on any atom is 0.212 e. The van der Waals surface area contributed by atoms with E-state index in [9.17, 15) is 4.79 Å². The summed E-state index contributed by atoms with van der Waals surface area (Å²) in [6.45, 7) is 0. The summed E-state index contributed by atoms with van der Waals surface area (Å²) in [4.78, 5) is 15.3. The highest BCUT2D eigenvalue weighted by Gasteiger charge is 2.22. The van der Waals surface area contributed by atoms with Gasteiger partial charge in [-0.1, -0.05) is 24.3 Å². The third-order valence-electron chi connectivity index (χ3n) is 3.22. The highest BCUT2D eigenvalue weighted by Crippen LogP contribution is 2.24. The van der Waals surface area contributed by atoms with Gasteiger partial charge in [-0.25, -0.2) is 4.98 Å². The van der Waals surface area contributed by atoms with Crippen molar-refractivity contribution in [2.24, 2.45) is 5.10 Å². The van der Waals surface area contributed by atoms with Crippen molar-refractivity contribution >= 4 is 12.0 Å². The molecule has 1 aromatic carbocycles. The van der Waals surface area contributed by atoms with Gasteiger partial charge in [0.1, 0.15) is 12.3 Å². The number of ether oxygens (including phenoxy) is 1. The molecule has 0 radical (unpaired) electrons. The number of carbonyl (C=O) groups is 1. The number of benzene rings is 1. The number of methoxy groups -OCH3 is 1. The first-order valence-electron chi connectivity index (χ1n) is 6.21. The Morgan fingerprint density at radius 3 is 2.80 bits per heavy atom. The highest BCUT2D eigenvalue weighted by molar-refractivity contribution is 6.14. The minimum absolute atomic E-state index is 0.402. The summed E-state index contributed by atoms with van der Waals surface area (Å²) in [7, 11) is 1.58. The first-order chi connectivity index (χ1) is 9.83. The van der Waals surface area contributed by atoms with Gasteiger partial charge in [0.15, 0.2) is 0 Å². The van der Waals surface area contributed by atoms with Crippen molar-refractivity contribution in [3.8, 4) is 5.88 Å². The molecule has 5 heteroatoms. The molecule has 1 aromatic heterocycles. The van der Waals surface area contributed by atoms with Gasteiger partial charge >= 0.3 is 0 Å². The van der Waals surface area contributed by atoms with Crippen LogP contribution in [0.15, 0.2) is 47.7 Å². The lowest BCUT2D eigenvalue weighted by Crippen LogP contribution is -2.27. The minimum atomic E-state index is -0.402. The van der Waals surface area contributed by atoms with Gasteiger partial charge in [-0.15, -0.1) is 0 Å². The van der Waals surface area contributed by atoms with Crippen molar-refractivity contribution in [3.05, 3.63) is 59.3 Å². The number of aldehydes is 1. The summed E-state index contributed by atoms with van der Waals surface area (Å²) in [5, 5.41) is 4.30. The van der Waals surface area contributed by atoms with Crippen molar-refractivity contribution in [2.75, 3.05) is 7.11 Å². The van der Waals surface area contributed by atoms with Crippen LogP contribution in [0.5, 0.6) is 5.88 Å². The van der Waals surface area contributed by atoms with Crippen molar-refractivity contribution in [1.82, 2.24) is 10.4 Å². The maximum atomic E-state index is 11.1. The Morgan fingerprint density at radius 1 is 1.25 bits per heavy atom. The highest BCUT2D eigenvalue weighted by atomic mass is 16.5. The molecule has 2 heterocycles. The minimum Gasteiger partial charge on any atom is -0.481 e. The Balaban J connectivity index is 2.06. The summed E-state index contributed by atoms with van der Waals surface area (Å²) in [5.74, 6) is 0.553. The van der Waals surface area contributed by atoms with Crippen LogP contribution in [0.4, 0.5) is 0 Å². The van der Waals surface area contributed by atoms with Gasteiger partial charge in [0.25, 0.3) is 0 Å². The summed E-state index contributed by atoms with van der Waals surface area (Å²) in [5.41, 5.74) is 6.37. The second-order valence-electron chi connectivity index (χ2n) is 4.38. The second-order valence-corrected chi connectivity index (χ2v) is 4.38. The van der Waals surface area contributed by atoms with E-state index in [4.69, 9.17) is 4.74 Å². The number of rotatable bonds is 3. The van der Waals surface area contributed by atoms with Crippen LogP contribution in [-0.2, 0) is 4.79 Å². The van der Waals surface area contributed by atoms with Crippen LogP contribution in [0.3, 0.4) is 0 Å². The molecule has 20 heavy (non-hydrogen) atoms. The number of hydrogen-bond donors (Lipinski definition) is 1. The number of fused-ring (bicyclic) bond motifs is 1. The number of nitrogens with one attached hydrogen (secondary N) is 1. The summed E-state index contributed by atoms with van der Waals surface area (Å²) < 4.78 is 5.05. The van der Waals surface area contributed by atoms with Gasteiger partial charge in [0, 0.05) is 23.4 Å². The molecular formula is C15H13N3O2. The van der Waals surface area contributed by atoms with E-state index in [0.717, 1.165) is 28.7 Å². The monoisotopic (exact) mass is 267 g/mol. The van der Waals surface area contributed by atoms with Gasteiger partial charge in [0.05, 0.1) is 12.8 Å². The second kappa shape index (κ2) is 5.13. The molecule has 2 aromatic rings. The zero-order valence-corrected chi connectivity index (χ0v) is 10.9. The fourth-order valence-corrected chi connectivity index (χ4v) is 2.21. The zero-order chi connectivity index (χ0) is 13.9. The average Bonchev–Trinajstić information content (AvgIpc) is 2.54. The Hall–Kier alpha value is -2.69. The molecule has 0 saturated carbocycles. The molecule has 3 rings (SSSR count). The fourth-order valence-electron chi connectivity index (χ4n) is 2.21. The lowest BCUT2D eigenvalue weighted by molar-refractivity contribution is -0.109. The van der Waals surface area contributed by atoms with E-state index in [1.54, 1.807) is 19.4 Å². The number of aromatic nitrogens is 1. The molecule has 1 aliphatic heterocycles. The van der Waals surface area contributed by atoms with Crippen LogP contribution < -0.4 is 10.2 Å². The van der Waals surface area contributed by atoms with Crippen molar-refractivity contribution < 1.29 is 9.53 Å². The van der Waals surface area contributed by atoms with Gasteiger partial charge < -0.3 is 9.53 Å². The van der Waals surface area contributed by atoms with E-state index in [1.165, 1.54) is 0 Å². The molecule has 1 N–H and O–H groups in total. The summed E-state index contributed by atoms with van der Waals surface area (Å²) in [6.07, 6.45) is 2.56. The van der Waals surface area contributed by atoms with Crippen LogP contribution in [0.25, 0.3) is 0 Å². The largest absolute Gasteiger partial charge is 0.481 e. The Kier molecular flexibility index (Phi) is 3.16. The fraction of sp³-hybridized carbons (Fsp3) is 0.133. The molecule has 0 spiro atoms. The van der Waals surface area contributed by atoms with Crippen LogP contribution in [0.2, 0.25) is 0 Å². The Morgan fingerprint density at radius 2 is 2.10 bits per heavy atom. The lowest BCUT2D eigenvalue weighted by Gasteiger charge is -2.22. The first kappa shape index (κ1) is 12.3. The molecular weight excluding hydrogens is 254 g/mol. The molecule has 1 aliphatic rings. The number of hydrogen-bond acceptors (Lipinski definition) is 5. The van der Waals surface area contributed by atoms with Crippen LogP contribution in [-0.4, -0.2) is 24.1 Å². The van der Waals surface area contributed by atoms with E-state index in [-0.39, 0.29) is 0 Å². The van der Waals surface area contributed by atoms with E-state index in [2.05, 4.69) is 15.5 Å². The molecule has 5 nitrogen and oxygen atoms in total. The number of hydrazone groups is 1. The van der Waals surface area contributed by atoms with Gasteiger partial charge in [0.2, 0.25) is 5.88 Å². The van der Waals surface area contributed by atoms with Crippen LogP contribution in [0, 0.1) is 0 Å². The topological polar surface area (TPSA) is 63.6 Å². The van der Waals surface area contributed by atoms with Gasteiger partial charge in [-0.2, -0.15) is 5.10 Å². The SMILES string of the molecule is COc1ccc(C2=NNC(C=O)c3ccccc32)cn1. The molecule has 100 valence electrons. The molecule has 0 saturated heterocycles. The summed E-state index contributed by atoms with van der Waals surface area (Å²) in [6, 6.07) is 11.0. The third kappa shape index (κ3) is 2.03. The zero-order valence-electron chi connectivity index (χ0n) is 10.9.